The van der Waals surface area contributed by atoms with E-state index in [9.17, 15) is 0 Å². The van der Waals surface area contributed by atoms with E-state index in [1.165, 1.54) is 32.1 Å². The van der Waals surface area contributed by atoms with Crippen molar-refractivity contribution in [2.75, 3.05) is 0 Å². The van der Waals surface area contributed by atoms with Crippen LogP contribution in [0, 0.1) is 5.92 Å². The van der Waals surface area contributed by atoms with Crippen LogP contribution in [0.3, 0.4) is 0 Å². The van der Waals surface area contributed by atoms with Gasteiger partial charge >= 0.3 is 0 Å². The molecule has 4 N–H and O–H groups in total. The van der Waals surface area contributed by atoms with Crippen LogP contribution in [-0.4, -0.2) is 12.2 Å². The molecule has 1 fully saturated rings. The molecule has 0 amide bonds. The van der Waals surface area contributed by atoms with E-state index in [4.69, 9.17) is 11.5 Å². The summed E-state index contributed by atoms with van der Waals surface area (Å²) in [4.78, 5) is 0. The highest BCUT2D eigenvalue weighted by Gasteiger charge is 2.11. The van der Waals surface area contributed by atoms with Gasteiger partial charge in [0.25, 0.3) is 0 Å². The summed E-state index contributed by atoms with van der Waals surface area (Å²) in [6, 6.07) is 0. The van der Waals surface area contributed by atoms with Gasteiger partial charge in [0.2, 0.25) is 5.96 Å². The van der Waals surface area contributed by atoms with E-state index < -0.39 is 0 Å². The Morgan fingerprint density at radius 3 is 2.54 bits per heavy atom. The highest BCUT2D eigenvalue weighted by atomic mass is 15.3. The van der Waals surface area contributed by atoms with Crippen molar-refractivity contribution in [2.45, 2.75) is 38.5 Å². The summed E-state index contributed by atoms with van der Waals surface area (Å²) in [6.07, 6.45) is 9.59. The van der Waals surface area contributed by atoms with Crippen LogP contribution in [-0.2, 0) is 0 Å². The Balaban J connectivity index is 2.17. The van der Waals surface area contributed by atoms with Gasteiger partial charge in [0, 0.05) is 6.21 Å². The van der Waals surface area contributed by atoms with E-state index in [-0.39, 0.29) is 5.96 Å². The molecule has 0 aromatic rings. The van der Waals surface area contributed by atoms with Gasteiger partial charge in [-0.25, -0.2) is 0 Å². The molecular weight excluding hydrogens is 164 g/mol. The summed E-state index contributed by atoms with van der Waals surface area (Å²) >= 11 is 0. The van der Waals surface area contributed by atoms with E-state index in [0.717, 1.165) is 12.3 Å². The van der Waals surface area contributed by atoms with Crippen molar-refractivity contribution < 1.29 is 0 Å². The lowest BCUT2D eigenvalue weighted by molar-refractivity contribution is 0.370. The Morgan fingerprint density at radius 2 is 1.92 bits per heavy atom. The van der Waals surface area contributed by atoms with Gasteiger partial charge < -0.3 is 11.5 Å². The first-order chi connectivity index (χ1) is 6.29. The van der Waals surface area contributed by atoms with Crippen molar-refractivity contribution in [3.63, 3.8) is 0 Å². The Labute approximate surface area is 79.1 Å². The number of hydrogen-bond acceptors (Lipinski definition) is 2. The number of hydrogen-bond donors (Lipinski definition) is 2. The number of guanidine groups is 1. The van der Waals surface area contributed by atoms with Crippen molar-refractivity contribution in [3.8, 4) is 0 Å². The molecule has 0 aromatic heterocycles. The Hall–Kier alpha value is -1.06. The number of nitrogens with two attached hydrogens (primary N) is 2. The smallest absolute Gasteiger partial charge is 0.211 e. The van der Waals surface area contributed by atoms with Crippen LogP contribution in [0.25, 0.3) is 0 Å². The van der Waals surface area contributed by atoms with Crippen LogP contribution in [0.2, 0.25) is 0 Å². The largest absolute Gasteiger partial charge is 0.369 e. The van der Waals surface area contributed by atoms with Gasteiger partial charge in [-0.1, -0.05) is 32.1 Å². The fraction of sp³-hybridized carbons (Fsp3) is 0.778. The maximum absolute atomic E-state index is 5.13. The minimum atomic E-state index is 0.0277. The standard InChI is InChI=1S/C9H18N4/c10-9(11)13-12-7-6-8-4-2-1-3-5-8/h7-8H,1-6H2,(H4,10,11,13)/b12-7+. The van der Waals surface area contributed by atoms with Crippen LogP contribution in [0.15, 0.2) is 10.2 Å². The molecule has 4 nitrogen and oxygen atoms in total. The fourth-order valence-electron chi connectivity index (χ4n) is 1.73. The summed E-state index contributed by atoms with van der Waals surface area (Å²) in [5.41, 5.74) is 10.3. The van der Waals surface area contributed by atoms with Gasteiger partial charge in [0.15, 0.2) is 0 Å². The zero-order valence-corrected chi connectivity index (χ0v) is 7.95. The Bertz CT molecular complexity index is 188. The third kappa shape index (κ3) is 4.50. The predicted octanol–water partition coefficient (Wildman–Crippen LogP) is 1.22. The van der Waals surface area contributed by atoms with Crippen LogP contribution in [0.1, 0.15) is 38.5 Å². The monoisotopic (exact) mass is 182 g/mol. The first-order valence-electron chi connectivity index (χ1n) is 4.89. The van der Waals surface area contributed by atoms with Crippen molar-refractivity contribution in [1.29, 1.82) is 0 Å². The second-order valence-electron chi connectivity index (χ2n) is 3.56. The van der Waals surface area contributed by atoms with E-state index in [1.807, 2.05) is 6.21 Å². The molecule has 4 heteroatoms. The predicted molar refractivity (Wildman–Crippen MR) is 55.5 cm³/mol. The van der Waals surface area contributed by atoms with Gasteiger partial charge in [-0.2, -0.15) is 5.10 Å². The summed E-state index contributed by atoms with van der Waals surface area (Å²) in [7, 11) is 0. The molecule has 0 radical (unpaired) electrons. The average molecular weight is 182 g/mol. The molecule has 0 unspecified atom stereocenters. The number of nitrogens with zero attached hydrogens (tertiary/aromatic N) is 2. The maximum atomic E-state index is 5.13. The zero-order valence-electron chi connectivity index (χ0n) is 7.95. The van der Waals surface area contributed by atoms with Crippen LogP contribution in [0.4, 0.5) is 0 Å². The first-order valence-corrected chi connectivity index (χ1v) is 4.89. The molecular formula is C9H18N4. The van der Waals surface area contributed by atoms with Crippen molar-refractivity contribution in [1.82, 2.24) is 0 Å². The summed E-state index contributed by atoms with van der Waals surface area (Å²) in [5, 5.41) is 7.33. The van der Waals surface area contributed by atoms with E-state index in [0.29, 0.717) is 0 Å². The molecule has 0 saturated heterocycles. The molecule has 0 heterocycles. The van der Waals surface area contributed by atoms with Crippen LogP contribution in [0.5, 0.6) is 0 Å². The summed E-state index contributed by atoms with van der Waals surface area (Å²) in [5.74, 6) is 0.826. The Kier molecular flexibility index (Phi) is 4.29. The van der Waals surface area contributed by atoms with Gasteiger partial charge in [-0.05, 0) is 12.3 Å². The van der Waals surface area contributed by atoms with E-state index in [2.05, 4.69) is 10.2 Å². The minimum absolute atomic E-state index is 0.0277. The molecule has 0 bridgehead atoms. The summed E-state index contributed by atoms with van der Waals surface area (Å²) in [6.45, 7) is 0. The maximum Gasteiger partial charge on any atom is 0.211 e. The normalized spacial score (nSPS) is 19.1. The summed E-state index contributed by atoms with van der Waals surface area (Å²) < 4.78 is 0. The van der Waals surface area contributed by atoms with Gasteiger partial charge in [-0.3, -0.25) is 0 Å². The average Bonchev–Trinajstić information content (AvgIpc) is 2.14. The third-order valence-corrected chi connectivity index (χ3v) is 2.42. The molecule has 1 saturated carbocycles. The molecule has 0 atom stereocenters. The van der Waals surface area contributed by atoms with Crippen LogP contribution >= 0.6 is 0 Å². The molecule has 0 aromatic carbocycles. The second-order valence-corrected chi connectivity index (χ2v) is 3.56. The van der Waals surface area contributed by atoms with E-state index >= 15 is 0 Å². The van der Waals surface area contributed by atoms with Crippen molar-refractivity contribution >= 4 is 12.2 Å². The van der Waals surface area contributed by atoms with Gasteiger partial charge in [0.1, 0.15) is 0 Å². The molecule has 1 aliphatic carbocycles. The lowest BCUT2D eigenvalue weighted by atomic mass is 9.87. The number of rotatable bonds is 3. The molecule has 0 aliphatic heterocycles. The lowest BCUT2D eigenvalue weighted by Crippen LogP contribution is -2.21. The van der Waals surface area contributed by atoms with Crippen LogP contribution < -0.4 is 11.5 Å². The minimum Gasteiger partial charge on any atom is -0.369 e. The first kappa shape index (κ1) is 10.0. The van der Waals surface area contributed by atoms with Crippen molar-refractivity contribution in [3.05, 3.63) is 0 Å². The molecule has 0 spiro atoms. The molecule has 13 heavy (non-hydrogen) atoms. The molecule has 1 rings (SSSR count). The SMILES string of the molecule is NC(N)=N/N=C/CC1CCCCC1. The highest BCUT2D eigenvalue weighted by molar-refractivity contribution is 5.76. The second kappa shape index (κ2) is 5.56. The highest BCUT2D eigenvalue weighted by Crippen LogP contribution is 2.25. The fourth-order valence-corrected chi connectivity index (χ4v) is 1.73. The third-order valence-electron chi connectivity index (χ3n) is 2.42. The van der Waals surface area contributed by atoms with E-state index in [1.54, 1.807) is 0 Å². The quantitative estimate of drug-likeness (QED) is 0.391. The molecule has 74 valence electrons. The lowest BCUT2D eigenvalue weighted by Gasteiger charge is -2.19. The topological polar surface area (TPSA) is 76.8 Å². The van der Waals surface area contributed by atoms with Gasteiger partial charge in [-0.15, -0.1) is 5.10 Å². The zero-order chi connectivity index (χ0) is 9.52. The molecule has 1 aliphatic rings. The Morgan fingerprint density at radius 1 is 1.23 bits per heavy atom. The van der Waals surface area contributed by atoms with Gasteiger partial charge in [0.05, 0.1) is 0 Å². The van der Waals surface area contributed by atoms with Crippen molar-refractivity contribution in [2.24, 2.45) is 27.6 Å².